The van der Waals surface area contributed by atoms with E-state index in [0.717, 1.165) is 48.5 Å². The van der Waals surface area contributed by atoms with Crippen LogP contribution in [0, 0.1) is 0 Å². The Morgan fingerprint density at radius 2 is 0.362 bits per heavy atom. The minimum Gasteiger partial charge on any atom is -0.744 e. The van der Waals surface area contributed by atoms with E-state index in [4.69, 9.17) is 56.8 Å². The maximum atomic E-state index is 13.1. The maximum Gasteiger partial charge on any atom is 1.00 e. The van der Waals surface area contributed by atoms with Crippen LogP contribution in [0.1, 0.15) is 44.5 Å². The van der Waals surface area contributed by atoms with Crippen molar-refractivity contribution in [3.05, 3.63) is 93.0 Å². The average Bonchev–Trinajstić information content (AvgIpc) is 3.33. The number of hydrogen-bond acceptors (Lipinski definition) is 24. The molecule has 24 nitrogen and oxygen atoms in total. The molecule has 0 fully saturated rings. The standard InChI is InChI=1S/C48H60O24S4.4Na/c49-73(50,51)41-25-33-21-34-26-42(74(52,53)54)30-38-24-40-32-44(76(58,59)60)28-36-22-35-27-43(75(55,56)57)31-39(47(35)71-19-15-67-11-7-63-3-4-64-8-12-68-16-20-72-48(36)40)23-37(29-41)45(33)69-17-13-65-9-5-61-1-2-62-6-10-66-14-18-70-46(34)38;;;;/h25-32H,1-24H2,(H,49,50,51)(H,52,53,54)(H,55,56,57)(H,58,59,60);;;;/q;4*+1/p-4. The molecule has 0 saturated carbocycles. The maximum absolute atomic E-state index is 13.1. The Morgan fingerprint density at radius 3 is 0.487 bits per heavy atom. The zero-order valence-electron chi connectivity index (χ0n) is 45.0. The van der Waals surface area contributed by atoms with Gasteiger partial charge in [-0.25, -0.2) is 33.7 Å². The van der Waals surface area contributed by atoms with Gasteiger partial charge in [-0.3, -0.25) is 0 Å². The predicted octanol–water partition coefficient (Wildman–Crippen LogP) is -10.3. The molecule has 0 radical (unpaired) electrons. The van der Waals surface area contributed by atoms with Gasteiger partial charge in [0.25, 0.3) is 0 Å². The third kappa shape index (κ3) is 22.6. The number of ether oxygens (including phenoxy) is 12. The molecular formula is C48H56Na4O24S4. The molecule has 0 unspecified atom stereocenters. The van der Waals surface area contributed by atoms with E-state index in [1.54, 1.807) is 0 Å². The Bertz CT molecular complexity index is 2700. The van der Waals surface area contributed by atoms with Crippen molar-refractivity contribution in [1.82, 2.24) is 0 Å². The molecule has 0 spiro atoms. The molecule has 420 valence electrons. The van der Waals surface area contributed by atoms with Gasteiger partial charge in [0.1, 0.15) is 89.9 Å². The summed E-state index contributed by atoms with van der Waals surface area (Å²) in [5, 5.41) is 0. The van der Waals surface area contributed by atoms with Gasteiger partial charge in [-0.1, -0.05) is 0 Å². The average molecular weight is 1240 g/mol. The van der Waals surface area contributed by atoms with Crippen LogP contribution in [0.3, 0.4) is 0 Å². The van der Waals surface area contributed by atoms with E-state index in [9.17, 15) is 51.9 Å². The fourth-order valence-corrected chi connectivity index (χ4v) is 10.7. The number of rotatable bonds is 4. The summed E-state index contributed by atoms with van der Waals surface area (Å²) < 4.78 is 228. The van der Waals surface area contributed by atoms with Crippen molar-refractivity contribution in [1.29, 1.82) is 0 Å². The summed E-state index contributed by atoms with van der Waals surface area (Å²) in [6.45, 7) is 0.753. The van der Waals surface area contributed by atoms with E-state index in [1.807, 2.05) is 0 Å². The Balaban J connectivity index is 0.00000420. The molecule has 32 heteroatoms. The van der Waals surface area contributed by atoms with E-state index >= 15 is 0 Å². The van der Waals surface area contributed by atoms with Gasteiger partial charge in [0.15, 0.2) is 0 Å². The van der Waals surface area contributed by atoms with Crippen LogP contribution in [0.15, 0.2) is 68.1 Å². The van der Waals surface area contributed by atoms with Gasteiger partial charge >= 0.3 is 118 Å². The van der Waals surface area contributed by atoms with Gasteiger partial charge < -0.3 is 75.1 Å². The quantitative estimate of drug-likeness (QED) is 0.119. The summed E-state index contributed by atoms with van der Waals surface area (Å²) in [6, 6.07) is 7.87. The molecule has 1 aliphatic carbocycles. The monoisotopic (exact) mass is 1240 g/mol. The molecule has 0 N–H and O–H groups in total. The Labute approximate surface area is 554 Å². The Hall–Kier alpha value is -0.600. The molecule has 0 saturated heterocycles. The molecule has 4 aromatic carbocycles. The molecule has 7 rings (SSSR count). The topological polar surface area (TPSA) is 340 Å². The van der Waals surface area contributed by atoms with Crippen molar-refractivity contribution in [2.45, 2.75) is 45.3 Å². The van der Waals surface area contributed by atoms with E-state index in [0.29, 0.717) is 0 Å². The zero-order chi connectivity index (χ0) is 54.4. The molecular weight excluding hydrogens is 1180 g/mol. The van der Waals surface area contributed by atoms with E-state index in [1.165, 1.54) is 0 Å². The SMILES string of the molecule is O=S(=O)([O-])c1cc2c3c(c1)Cc1cc(S(=O)(=O)[O-])cc4c1OCCOCCOCCOCCOCCOc1c(cc(S(=O)(=O)[O-])cc1Cc1cc(S(=O)(=O)[O-])cc(c1OCCOCCOCCOCCOCCO3)C2)C4.[Na+].[Na+].[Na+].[Na+]. The van der Waals surface area contributed by atoms with Crippen molar-refractivity contribution in [3.63, 3.8) is 0 Å². The van der Waals surface area contributed by atoms with Crippen LogP contribution in [0.4, 0.5) is 0 Å². The minimum atomic E-state index is -5.36. The third-order valence-electron chi connectivity index (χ3n) is 11.7. The normalized spacial score (nSPS) is 17.6. The second kappa shape index (κ2) is 35.3. The van der Waals surface area contributed by atoms with Crippen LogP contribution >= 0.6 is 0 Å². The van der Waals surface area contributed by atoms with Gasteiger partial charge in [-0.05, 0) is 48.5 Å². The molecule has 80 heavy (non-hydrogen) atoms. The van der Waals surface area contributed by atoms with Gasteiger partial charge in [-0.2, -0.15) is 0 Å². The van der Waals surface area contributed by atoms with Crippen molar-refractivity contribution >= 4 is 40.5 Å². The van der Waals surface area contributed by atoms with Crippen LogP contribution in [0.2, 0.25) is 0 Å². The van der Waals surface area contributed by atoms with Gasteiger partial charge in [0, 0.05) is 70.2 Å². The van der Waals surface area contributed by atoms with Gasteiger partial charge in [-0.15, -0.1) is 0 Å². The summed E-state index contributed by atoms with van der Waals surface area (Å²) in [6.07, 6.45) is -2.19. The fourth-order valence-electron chi connectivity index (χ4n) is 8.41. The summed E-state index contributed by atoms with van der Waals surface area (Å²) in [4.78, 5) is -3.24. The van der Waals surface area contributed by atoms with Crippen LogP contribution in [0.5, 0.6) is 23.0 Å². The molecule has 3 aliphatic rings. The second-order valence-electron chi connectivity index (χ2n) is 17.1. The first-order chi connectivity index (χ1) is 36.3. The summed E-state index contributed by atoms with van der Waals surface area (Å²) in [5.41, 5.74) is -0.759. The minimum absolute atomic E-state index is 0. The van der Waals surface area contributed by atoms with Gasteiger partial charge in [0.05, 0.1) is 125 Å². The van der Waals surface area contributed by atoms with E-state index in [-0.39, 0.29) is 318 Å². The molecule has 12 bridgehead atoms. The zero-order valence-corrected chi connectivity index (χ0v) is 56.3. The van der Waals surface area contributed by atoms with Crippen LogP contribution < -0.4 is 137 Å². The molecule has 4 aromatic rings. The molecule has 0 amide bonds. The molecule has 2 heterocycles. The summed E-state index contributed by atoms with van der Waals surface area (Å²) in [7, 11) is -21.4. The third-order valence-corrected chi connectivity index (χ3v) is 14.9. The van der Waals surface area contributed by atoms with Crippen LogP contribution in [0.25, 0.3) is 0 Å². The van der Waals surface area contributed by atoms with Crippen molar-refractivity contribution in [3.8, 4) is 23.0 Å². The van der Waals surface area contributed by atoms with Crippen LogP contribution in [-0.4, -0.2) is 184 Å². The smallest absolute Gasteiger partial charge is 0.744 e. The molecule has 2 aliphatic heterocycles. The fraction of sp³-hybridized carbons (Fsp3) is 0.500. The Kier molecular flexibility index (Phi) is 32.5. The summed E-state index contributed by atoms with van der Waals surface area (Å²) >= 11 is 0. The van der Waals surface area contributed by atoms with Gasteiger partial charge in [0.2, 0.25) is 0 Å². The van der Waals surface area contributed by atoms with Crippen LogP contribution in [-0.2, 0) is 104 Å². The largest absolute Gasteiger partial charge is 1.00 e. The number of hydrogen-bond donors (Lipinski definition) is 0. The Morgan fingerprint density at radius 1 is 0.237 bits per heavy atom. The first kappa shape index (κ1) is 73.7. The van der Waals surface area contributed by atoms with E-state index in [2.05, 4.69) is 0 Å². The number of benzene rings is 4. The van der Waals surface area contributed by atoms with E-state index < -0.39 is 85.7 Å². The van der Waals surface area contributed by atoms with Crippen molar-refractivity contribution < 1.29 is 227 Å². The molecule has 0 atom stereocenters. The summed E-state index contributed by atoms with van der Waals surface area (Å²) in [5.74, 6) is -0.435. The molecule has 0 aromatic heterocycles. The van der Waals surface area contributed by atoms with Crippen molar-refractivity contribution in [2.24, 2.45) is 0 Å². The first-order valence-electron chi connectivity index (χ1n) is 23.9. The predicted molar refractivity (Wildman–Crippen MR) is 257 cm³/mol. The van der Waals surface area contributed by atoms with Crippen molar-refractivity contribution in [2.75, 3.05) is 132 Å². The second-order valence-corrected chi connectivity index (χ2v) is 22.6. The first-order valence-corrected chi connectivity index (χ1v) is 29.5.